The predicted octanol–water partition coefficient (Wildman–Crippen LogP) is 11.3. The van der Waals surface area contributed by atoms with E-state index < -0.39 is 29.4 Å². The number of nitrogens with one attached hydrogen (secondary N) is 4. The molecule has 4 amide bonds. The average molecular weight is 1190 g/mol. The van der Waals surface area contributed by atoms with Gasteiger partial charge in [-0.15, -0.1) is 16.4 Å². The van der Waals surface area contributed by atoms with E-state index in [9.17, 15) is 28.7 Å². The number of benzene rings is 3. The summed E-state index contributed by atoms with van der Waals surface area (Å²) in [7, 11) is 0. The Morgan fingerprint density at radius 3 is 2.39 bits per heavy atom. The lowest BCUT2D eigenvalue weighted by Crippen LogP contribution is -2.57. The van der Waals surface area contributed by atoms with Crippen LogP contribution in [0.15, 0.2) is 84.8 Å². The molecule has 0 unspecified atom stereocenters. The van der Waals surface area contributed by atoms with Crippen molar-refractivity contribution in [3.63, 3.8) is 0 Å². The Morgan fingerprint density at radius 1 is 0.905 bits per heavy atom. The molecular weight excluding hydrogens is 1110 g/mol. The number of aliphatic hydroxyl groups excluding tert-OH is 1. The van der Waals surface area contributed by atoms with Crippen molar-refractivity contribution < 1.29 is 33.4 Å². The molecule has 0 radical (unpaired) electrons. The monoisotopic (exact) mass is 1190 g/mol. The van der Waals surface area contributed by atoms with E-state index in [1.165, 1.54) is 42.6 Å². The van der Waals surface area contributed by atoms with E-state index in [4.69, 9.17) is 16.3 Å². The van der Waals surface area contributed by atoms with Crippen molar-refractivity contribution in [1.82, 2.24) is 50.4 Å². The molecule has 0 saturated carbocycles. The predicted molar refractivity (Wildman–Crippen MR) is 329 cm³/mol. The summed E-state index contributed by atoms with van der Waals surface area (Å²) in [6.45, 7) is 12.0. The largest absolute Gasteiger partial charge is 0.491 e. The Labute approximate surface area is 501 Å². The topological polar surface area (TPSA) is 222 Å². The van der Waals surface area contributed by atoms with E-state index in [1.807, 2.05) is 74.4 Å². The average Bonchev–Trinajstić information content (AvgIpc) is 4.33. The lowest BCUT2D eigenvalue weighted by atomic mass is 9.85. The zero-order valence-electron chi connectivity index (χ0n) is 49.0. The molecule has 18 nitrogen and oxygen atoms in total. The molecule has 3 atom stereocenters. The summed E-state index contributed by atoms with van der Waals surface area (Å²) in [6, 6.07) is 14.2. The van der Waals surface area contributed by atoms with Crippen LogP contribution in [0, 0.1) is 18.2 Å². The highest BCUT2D eigenvalue weighted by molar-refractivity contribution is 7.13. The second kappa shape index (κ2) is 31.3. The first-order valence-corrected chi connectivity index (χ1v) is 31.1. The fraction of sp³-hybridized carbons (Fsp3) is 0.508. The maximum Gasteiger partial charge on any atom is 0.248 e. The second-order valence-electron chi connectivity index (χ2n) is 23.2. The third kappa shape index (κ3) is 18.8. The van der Waals surface area contributed by atoms with E-state index >= 15 is 0 Å². The smallest absolute Gasteiger partial charge is 0.248 e. The van der Waals surface area contributed by atoms with Crippen molar-refractivity contribution >= 4 is 74.7 Å². The van der Waals surface area contributed by atoms with Crippen molar-refractivity contribution in [3.8, 4) is 16.2 Å². The fourth-order valence-electron chi connectivity index (χ4n) is 10.7. The summed E-state index contributed by atoms with van der Waals surface area (Å²) in [4.78, 5) is 72.2. The minimum absolute atomic E-state index is 0.0172. The molecule has 0 spiro atoms. The molecule has 2 aliphatic rings. The number of hydrogen-bond donors (Lipinski definition) is 5. The molecule has 450 valence electrons. The number of anilines is 3. The van der Waals surface area contributed by atoms with Crippen LogP contribution in [-0.2, 0) is 38.7 Å². The van der Waals surface area contributed by atoms with Crippen LogP contribution < -0.4 is 26.0 Å². The molecule has 2 saturated heterocycles. The third-order valence-corrected chi connectivity index (χ3v) is 16.7. The van der Waals surface area contributed by atoms with Crippen LogP contribution in [0.3, 0.4) is 0 Å². The number of ether oxygens (including phenoxy) is 1. The highest BCUT2D eigenvalue weighted by Crippen LogP contribution is 2.35. The number of aliphatic hydroxyl groups is 1. The van der Waals surface area contributed by atoms with Crippen LogP contribution in [0.2, 0.25) is 5.02 Å². The summed E-state index contributed by atoms with van der Waals surface area (Å²) < 4.78 is 22.1. The van der Waals surface area contributed by atoms with Gasteiger partial charge in [0.2, 0.25) is 23.6 Å². The van der Waals surface area contributed by atoms with Crippen LogP contribution in [0.5, 0.6) is 5.75 Å². The normalized spacial score (nSPS) is 16.1. The number of piperidine rings is 1. The number of nitrogens with zero attached hydrogens (tertiary/aromatic N) is 8. The first-order valence-electron chi connectivity index (χ1n) is 29.9. The van der Waals surface area contributed by atoms with Gasteiger partial charge in [-0.1, -0.05) is 113 Å². The maximum absolute atomic E-state index is 14.1. The summed E-state index contributed by atoms with van der Waals surface area (Å²) in [5.41, 5.74) is 6.75. The molecule has 8 rings (SSSR count). The number of hydrogen-bond acceptors (Lipinski definition) is 14. The molecule has 0 bridgehead atoms. The lowest BCUT2D eigenvalue weighted by molar-refractivity contribution is -0.144. The first-order chi connectivity index (χ1) is 40.6. The number of amides is 4. The third-order valence-electron chi connectivity index (χ3n) is 15.4. The number of halogens is 2. The standard InChI is InChI=1S/C63H82ClFN12O6S/c1-43-58(84-42-69-43)45-25-23-44(24-26-45)38-66-61(81)54-35-48(78)40-77(54)62(82)59(63(2,3)4)72-57(80)21-14-9-7-5-6-8-10-17-32-76-39-47(73-74-76)20-13-11-18-33-83-55-37-52-49(60(68-41-67-52)70-46-27-28-51(65)50(64)34-46)36-53(55)71-56(79)22-19-31-75-29-15-12-16-30-75/h19,22-28,34,36-37,39,41-42,48,54,59,78H,5-18,20-21,29-33,35,38,40H2,1-4H3,(H,66,81)(H,71,79)(H,72,80)(H,67,68,70)/b22-19+/t48-,54+,59-/m1/s1. The Morgan fingerprint density at radius 2 is 1.65 bits per heavy atom. The van der Waals surface area contributed by atoms with Crippen molar-refractivity contribution in [1.29, 1.82) is 0 Å². The number of carbonyl (C=O) groups excluding carboxylic acids is 4. The second-order valence-corrected chi connectivity index (χ2v) is 24.5. The van der Waals surface area contributed by atoms with Crippen LogP contribution >= 0.6 is 22.9 Å². The van der Waals surface area contributed by atoms with Crippen molar-refractivity contribution in [2.45, 2.75) is 168 Å². The molecule has 5 N–H and O–H groups in total. The van der Waals surface area contributed by atoms with Gasteiger partial charge in [-0.2, -0.15) is 0 Å². The van der Waals surface area contributed by atoms with Gasteiger partial charge in [0.1, 0.15) is 35.8 Å². The maximum atomic E-state index is 14.1. The molecule has 3 aromatic heterocycles. The number of aromatic nitrogens is 6. The number of carbonyl (C=O) groups is 4. The molecule has 3 aromatic carbocycles. The molecular formula is C63H82ClFN12O6S. The van der Waals surface area contributed by atoms with E-state index in [0.29, 0.717) is 53.4 Å². The van der Waals surface area contributed by atoms with E-state index in [0.717, 1.165) is 124 Å². The fourth-order valence-corrected chi connectivity index (χ4v) is 11.7. The van der Waals surface area contributed by atoms with Gasteiger partial charge in [0.25, 0.3) is 0 Å². The molecule has 6 aromatic rings. The summed E-state index contributed by atoms with van der Waals surface area (Å²) >= 11 is 7.64. The van der Waals surface area contributed by atoms with E-state index in [2.05, 4.69) is 51.4 Å². The Hall–Kier alpha value is -6.87. The van der Waals surface area contributed by atoms with Gasteiger partial charge < -0.3 is 36.0 Å². The highest BCUT2D eigenvalue weighted by atomic mass is 35.5. The number of unbranched alkanes of at least 4 members (excludes halogenated alkanes) is 9. The zero-order valence-corrected chi connectivity index (χ0v) is 50.6. The first kappa shape index (κ1) is 63.2. The molecule has 21 heteroatoms. The van der Waals surface area contributed by atoms with Gasteiger partial charge in [-0.3, -0.25) is 28.8 Å². The Bertz CT molecular complexity index is 3160. The molecule has 0 aliphatic carbocycles. The van der Waals surface area contributed by atoms with Crippen LogP contribution in [0.4, 0.5) is 21.6 Å². The minimum atomic E-state index is -0.853. The molecule has 5 heterocycles. The van der Waals surface area contributed by atoms with Gasteiger partial charge in [-0.05, 0) is 112 Å². The summed E-state index contributed by atoms with van der Waals surface area (Å²) in [5, 5.41) is 32.2. The SMILES string of the molecule is Cc1ncsc1-c1ccc(CNC(=O)[C@@H]2C[C@@H](O)CN2C(=O)[C@@H](NC(=O)CCCCCCCCCCn2cc(CCCCCOc3cc4ncnc(Nc5ccc(F)c(Cl)c5)c4cc3NC(=O)/C=C/CN3CCCCC3)nn2)C(C)(C)C)cc1. The van der Waals surface area contributed by atoms with Gasteiger partial charge in [0.15, 0.2) is 0 Å². The highest BCUT2D eigenvalue weighted by Gasteiger charge is 2.44. The quantitative estimate of drug-likeness (QED) is 0.0209. The van der Waals surface area contributed by atoms with Crippen LogP contribution in [0.1, 0.15) is 140 Å². The van der Waals surface area contributed by atoms with E-state index in [1.54, 1.807) is 35.6 Å². The number of likely N-dealkylation sites (tertiary alicyclic amines) is 2. The number of β-amino-alcohol motifs (C(OH)–C–C–N with tert-alkyl or cyclic N) is 1. The lowest BCUT2D eigenvalue weighted by Gasteiger charge is -2.35. The molecule has 84 heavy (non-hydrogen) atoms. The summed E-state index contributed by atoms with van der Waals surface area (Å²) in [5.74, 6) is -0.717. The van der Waals surface area contributed by atoms with Crippen LogP contribution in [-0.4, -0.2) is 119 Å². The molecule has 2 fully saturated rings. The van der Waals surface area contributed by atoms with Gasteiger partial charge in [-0.25, -0.2) is 19.3 Å². The number of aryl methyl sites for hydroxylation is 3. The van der Waals surface area contributed by atoms with Crippen LogP contribution in [0.25, 0.3) is 21.3 Å². The zero-order chi connectivity index (χ0) is 59.4. The van der Waals surface area contributed by atoms with Gasteiger partial charge in [0, 0.05) is 68.4 Å². The summed E-state index contributed by atoms with van der Waals surface area (Å²) in [6.07, 6.45) is 21.6. The van der Waals surface area contributed by atoms with Crippen molar-refractivity contribution in [3.05, 3.63) is 113 Å². The minimum Gasteiger partial charge on any atom is -0.491 e. The Kier molecular flexibility index (Phi) is 23.6. The van der Waals surface area contributed by atoms with Crippen molar-refractivity contribution in [2.75, 3.05) is 43.4 Å². The number of thiazole rings is 1. The Balaban J connectivity index is 0.692. The number of fused-ring (bicyclic) bond motifs is 1. The van der Waals surface area contributed by atoms with E-state index in [-0.39, 0.29) is 48.2 Å². The van der Waals surface area contributed by atoms with Gasteiger partial charge in [0.05, 0.1) is 50.7 Å². The van der Waals surface area contributed by atoms with Crippen molar-refractivity contribution in [2.24, 2.45) is 5.41 Å². The number of rotatable bonds is 30. The van der Waals surface area contributed by atoms with Gasteiger partial charge >= 0.3 is 0 Å². The molecule has 2 aliphatic heterocycles.